The van der Waals surface area contributed by atoms with E-state index < -0.39 is 5.97 Å². The molecule has 0 radical (unpaired) electrons. The van der Waals surface area contributed by atoms with Gasteiger partial charge in [-0.2, -0.15) is 0 Å². The number of carbonyl (C=O) groups is 1. The van der Waals surface area contributed by atoms with Crippen LogP contribution in [-0.4, -0.2) is 53.1 Å². The molecule has 21 heavy (non-hydrogen) atoms. The predicted molar refractivity (Wildman–Crippen MR) is 82.8 cm³/mol. The second-order valence-electron chi connectivity index (χ2n) is 4.46. The van der Waals surface area contributed by atoms with E-state index in [1.165, 1.54) is 0 Å². The molecule has 6 nitrogen and oxygen atoms in total. The van der Waals surface area contributed by atoms with Crippen molar-refractivity contribution in [2.75, 3.05) is 57.8 Å². The predicted octanol–water partition coefficient (Wildman–Crippen LogP) is 1.54. The zero-order chi connectivity index (χ0) is 15.7. The number of ether oxygens (including phenoxy) is 3. The highest BCUT2D eigenvalue weighted by atomic mass is 16.5. The highest BCUT2D eigenvalue weighted by molar-refractivity contribution is 5.96. The molecule has 118 valence electrons. The minimum Gasteiger partial charge on any atom is -0.462 e. The van der Waals surface area contributed by atoms with Crippen LogP contribution in [-0.2, 0) is 14.2 Å². The van der Waals surface area contributed by atoms with Gasteiger partial charge in [-0.05, 0) is 25.1 Å². The van der Waals surface area contributed by atoms with Crippen molar-refractivity contribution >= 4 is 17.3 Å². The molecule has 0 aliphatic carbocycles. The fourth-order valence-corrected chi connectivity index (χ4v) is 1.90. The fourth-order valence-electron chi connectivity index (χ4n) is 1.90. The lowest BCUT2D eigenvalue weighted by Gasteiger charge is -2.25. The Morgan fingerprint density at radius 1 is 1.19 bits per heavy atom. The molecule has 1 aromatic carbocycles. The summed E-state index contributed by atoms with van der Waals surface area (Å²) in [6.45, 7) is 4.66. The molecule has 0 atom stereocenters. The van der Waals surface area contributed by atoms with Crippen molar-refractivity contribution < 1.29 is 19.0 Å². The van der Waals surface area contributed by atoms with E-state index in [1.54, 1.807) is 33.3 Å². The molecule has 0 aromatic heterocycles. The van der Waals surface area contributed by atoms with Crippen molar-refractivity contribution in [2.24, 2.45) is 0 Å². The van der Waals surface area contributed by atoms with Crippen molar-refractivity contribution in [1.82, 2.24) is 0 Å². The van der Waals surface area contributed by atoms with Crippen LogP contribution in [0.3, 0.4) is 0 Å². The third-order valence-electron chi connectivity index (χ3n) is 3.03. The van der Waals surface area contributed by atoms with Gasteiger partial charge >= 0.3 is 5.97 Å². The normalized spacial score (nSPS) is 10.4. The molecule has 0 amide bonds. The molecule has 1 rings (SSSR count). The molecule has 0 saturated carbocycles. The second-order valence-corrected chi connectivity index (χ2v) is 4.46. The summed E-state index contributed by atoms with van der Waals surface area (Å²) in [6, 6.07) is 5.34. The average molecular weight is 296 g/mol. The number of nitrogens with two attached hydrogens (primary N) is 1. The largest absolute Gasteiger partial charge is 0.462 e. The van der Waals surface area contributed by atoms with Crippen LogP contribution in [0.2, 0.25) is 0 Å². The lowest BCUT2D eigenvalue weighted by Crippen LogP contribution is -2.30. The van der Waals surface area contributed by atoms with Gasteiger partial charge in [0.05, 0.1) is 25.4 Å². The van der Waals surface area contributed by atoms with Crippen LogP contribution in [0.5, 0.6) is 0 Å². The van der Waals surface area contributed by atoms with E-state index in [1.807, 2.05) is 6.07 Å². The van der Waals surface area contributed by atoms with E-state index >= 15 is 0 Å². The van der Waals surface area contributed by atoms with E-state index in [9.17, 15) is 4.79 Å². The Morgan fingerprint density at radius 2 is 1.81 bits per heavy atom. The zero-order valence-electron chi connectivity index (χ0n) is 12.9. The van der Waals surface area contributed by atoms with Gasteiger partial charge in [-0.1, -0.05) is 0 Å². The molecule has 0 aliphatic heterocycles. The third kappa shape index (κ3) is 5.24. The van der Waals surface area contributed by atoms with Crippen molar-refractivity contribution in [3.63, 3.8) is 0 Å². The Bertz CT molecular complexity index is 443. The first-order chi connectivity index (χ1) is 10.1. The van der Waals surface area contributed by atoms with Crippen LogP contribution in [0, 0.1) is 0 Å². The molecule has 0 heterocycles. The Morgan fingerprint density at radius 3 is 2.33 bits per heavy atom. The summed E-state index contributed by atoms with van der Waals surface area (Å²) in [6.07, 6.45) is 0. The Labute approximate surface area is 125 Å². The first-order valence-corrected chi connectivity index (χ1v) is 6.93. The van der Waals surface area contributed by atoms with Gasteiger partial charge in [0, 0.05) is 38.7 Å². The second kappa shape index (κ2) is 9.20. The van der Waals surface area contributed by atoms with Crippen LogP contribution in [0.1, 0.15) is 17.3 Å². The fraction of sp³-hybridized carbons (Fsp3) is 0.533. The number of methoxy groups -OCH3 is 2. The van der Waals surface area contributed by atoms with Gasteiger partial charge in [0.1, 0.15) is 0 Å². The van der Waals surface area contributed by atoms with Gasteiger partial charge in [0.2, 0.25) is 0 Å². The van der Waals surface area contributed by atoms with Crippen LogP contribution in [0.4, 0.5) is 11.4 Å². The summed E-state index contributed by atoms with van der Waals surface area (Å²) < 4.78 is 15.2. The molecule has 0 aliphatic rings. The highest BCUT2D eigenvalue weighted by Crippen LogP contribution is 2.22. The number of nitrogens with zero attached hydrogens (tertiary/aromatic N) is 1. The molecule has 0 fully saturated rings. The summed E-state index contributed by atoms with van der Waals surface area (Å²) in [4.78, 5) is 14.0. The van der Waals surface area contributed by atoms with Crippen LogP contribution in [0.15, 0.2) is 18.2 Å². The first kappa shape index (κ1) is 17.3. The van der Waals surface area contributed by atoms with Crippen molar-refractivity contribution in [3.8, 4) is 0 Å². The van der Waals surface area contributed by atoms with Gasteiger partial charge in [-0.25, -0.2) is 4.79 Å². The smallest absolute Gasteiger partial charge is 0.340 e. The number of hydrogen-bond acceptors (Lipinski definition) is 6. The Balaban J connectivity index is 2.96. The molecule has 0 bridgehead atoms. The standard InChI is InChI=1S/C15H24N2O4/c1-4-21-15(18)13-11-12(5-6-14(13)16)17(7-9-19-2)8-10-20-3/h5-6,11H,4,7-10,16H2,1-3H3. The first-order valence-electron chi connectivity index (χ1n) is 6.93. The number of hydrogen-bond donors (Lipinski definition) is 1. The maximum Gasteiger partial charge on any atom is 0.340 e. The summed E-state index contributed by atoms with van der Waals surface area (Å²) in [7, 11) is 3.31. The Kier molecular flexibility index (Phi) is 7.56. The van der Waals surface area contributed by atoms with Gasteiger partial charge in [0.15, 0.2) is 0 Å². The molecule has 1 aromatic rings. The number of carbonyl (C=O) groups excluding carboxylic acids is 1. The van der Waals surface area contributed by atoms with E-state index in [2.05, 4.69) is 4.90 Å². The molecule has 0 unspecified atom stereocenters. The summed E-state index contributed by atoms with van der Waals surface area (Å²) in [5, 5.41) is 0. The van der Waals surface area contributed by atoms with Gasteiger partial charge in [-0.15, -0.1) is 0 Å². The maximum absolute atomic E-state index is 11.9. The van der Waals surface area contributed by atoms with Crippen molar-refractivity contribution in [3.05, 3.63) is 23.8 Å². The maximum atomic E-state index is 11.9. The lowest BCUT2D eigenvalue weighted by molar-refractivity contribution is 0.0527. The lowest BCUT2D eigenvalue weighted by atomic mass is 10.1. The van der Waals surface area contributed by atoms with Crippen LogP contribution in [0.25, 0.3) is 0 Å². The van der Waals surface area contributed by atoms with Crippen LogP contribution < -0.4 is 10.6 Å². The topological polar surface area (TPSA) is 74.0 Å². The van der Waals surface area contributed by atoms with Gasteiger partial charge in [-0.3, -0.25) is 0 Å². The quantitative estimate of drug-likeness (QED) is 0.550. The Hall–Kier alpha value is -1.79. The minimum absolute atomic E-state index is 0.319. The molecule has 6 heteroatoms. The molecular formula is C15H24N2O4. The number of rotatable bonds is 9. The minimum atomic E-state index is -0.407. The van der Waals surface area contributed by atoms with E-state index in [0.29, 0.717) is 44.2 Å². The third-order valence-corrected chi connectivity index (χ3v) is 3.03. The van der Waals surface area contributed by atoms with Crippen molar-refractivity contribution in [2.45, 2.75) is 6.92 Å². The molecule has 0 saturated heterocycles. The number of benzene rings is 1. The van der Waals surface area contributed by atoms with E-state index in [-0.39, 0.29) is 0 Å². The number of anilines is 2. The highest BCUT2D eigenvalue weighted by Gasteiger charge is 2.14. The number of nitrogen functional groups attached to an aromatic ring is 1. The monoisotopic (exact) mass is 296 g/mol. The average Bonchev–Trinajstić information content (AvgIpc) is 2.48. The SMILES string of the molecule is CCOC(=O)c1cc(N(CCOC)CCOC)ccc1N. The van der Waals surface area contributed by atoms with Crippen LogP contribution >= 0.6 is 0 Å². The summed E-state index contributed by atoms with van der Waals surface area (Å²) in [5.74, 6) is -0.407. The number of esters is 1. The van der Waals surface area contributed by atoms with E-state index in [0.717, 1.165) is 5.69 Å². The van der Waals surface area contributed by atoms with Crippen molar-refractivity contribution in [1.29, 1.82) is 0 Å². The summed E-state index contributed by atoms with van der Waals surface area (Å²) in [5.41, 5.74) is 7.54. The van der Waals surface area contributed by atoms with Gasteiger partial charge in [0.25, 0.3) is 0 Å². The van der Waals surface area contributed by atoms with Gasteiger partial charge < -0.3 is 24.8 Å². The molecule has 2 N–H and O–H groups in total. The molecular weight excluding hydrogens is 272 g/mol. The summed E-state index contributed by atoms with van der Waals surface area (Å²) >= 11 is 0. The molecule has 0 spiro atoms. The zero-order valence-corrected chi connectivity index (χ0v) is 12.9. The van der Waals surface area contributed by atoms with E-state index in [4.69, 9.17) is 19.9 Å².